The Kier molecular flexibility index (Phi) is 26.6. The molecule has 17 N–H and O–H groups in total. The van der Waals surface area contributed by atoms with Crippen molar-refractivity contribution in [1.82, 2.24) is 35.1 Å². The zero-order chi connectivity index (χ0) is 69.1. The molecule has 502 valence electrons. The Bertz CT molecular complexity index is 3730. The van der Waals surface area contributed by atoms with Crippen LogP contribution >= 0.6 is 12.6 Å². The minimum atomic E-state index is -1.30. The molecule has 5 atom stereocenters. The standard InChI is InChI=1S/C20H22N8O5.C17H21NO3.C16H25NO2.C7H7NO3.C5H11NO2S/c1-28(9-11-8-23-17-15(24-11)16(21)26-20(22)27-17)12-4-2-10(3-5-12)18(31)25-13(19(32)33)6-7-14(29)30;1-3-11-6-5-7-12-13-8-9-21-17(4-2,10-14(19)20)16(13)18-15(11)12;1-17(2)12-14-7-4-5-10-16(14,18)13-8-6-9-15(11-13)19-3;8-4-1-2-6(9)5(3-4)7(10)11;1-5(2,9)3(6)4(7)8/h2-5,8,13H,6-7,9H2,1H3,(H,25,31)(H,29,30)(H,32,33)(H4,21,22,23,26,27);5-7,18H,3-4,8-10H2,1-2H3,(H,19,20);6,8-9,11,14,18H,4-5,7,10,12H2,1-3H3;1-3,9H,8H2,(H,10,11);3,9H,6H2,1-2H3,(H,7,8)/t;;14-,16+;;3-/m..1.0/s1. The maximum atomic E-state index is 12.4. The number of amides is 1. The predicted molar refractivity (Wildman–Crippen MR) is 355 cm³/mol. The fourth-order valence-corrected chi connectivity index (χ4v) is 10.8. The number of nitrogen functional groups attached to an aromatic ring is 3. The van der Waals surface area contributed by atoms with Crippen molar-refractivity contribution in [1.29, 1.82) is 0 Å². The van der Waals surface area contributed by atoms with Crippen molar-refractivity contribution in [2.75, 3.05) is 63.5 Å². The van der Waals surface area contributed by atoms with Gasteiger partial charge in [0.2, 0.25) is 5.95 Å². The van der Waals surface area contributed by atoms with Crippen LogP contribution in [0.1, 0.15) is 128 Å². The van der Waals surface area contributed by atoms with Crippen LogP contribution in [-0.2, 0) is 54.5 Å². The number of nitrogens with zero attached hydrogens (tertiary/aromatic N) is 6. The van der Waals surface area contributed by atoms with Crippen molar-refractivity contribution >= 4 is 93.6 Å². The number of hydrogen-bond acceptors (Lipinski definition) is 21. The van der Waals surface area contributed by atoms with Crippen LogP contribution < -0.4 is 37.9 Å². The molecule has 27 nitrogen and oxygen atoms in total. The van der Waals surface area contributed by atoms with Crippen LogP contribution in [0.3, 0.4) is 0 Å². The first-order valence-corrected chi connectivity index (χ1v) is 30.4. The zero-order valence-corrected chi connectivity index (χ0v) is 54.3. The molecule has 1 aliphatic heterocycles. The molecule has 93 heavy (non-hydrogen) atoms. The maximum Gasteiger partial charge on any atom is 0.339 e. The highest BCUT2D eigenvalue weighted by Gasteiger charge is 2.42. The molecule has 4 heterocycles. The van der Waals surface area contributed by atoms with E-state index in [1.54, 1.807) is 39.3 Å². The highest BCUT2D eigenvalue weighted by atomic mass is 32.1. The number of nitrogens with one attached hydrogen (secondary N) is 2. The number of nitrogens with two attached hydrogens (primary N) is 4. The van der Waals surface area contributed by atoms with Gasteiger partial charge in [0, 0.05) is 58.5 Å². The topological polar surface area (TPSA) is 452 Å². The number of thiol groups is 1. The van der Waals surface area contributed by atoms with Crippen LogP contribution in [0.4, 0.5) is 23.1 Å². The number of aromatic nitrogens is 5. The molecule has 28 heteroatoms. The van der Waals surface area contributed by atoms with Gasteiger partial charge in [-0.1, -0.05) is 57.0 Å². The van der Waals surface area contributed by atoms with E-state index in [-0.39, 0.29) is 47.9 Å². The molecule has 1 fully saturated rings. The molecule has 7 aromatic rings. The molecule has 4 aromatic carbocycles. The van der Waals surface area contributed by atoms with E-state index >= 15 is 0 Å². The molecule has 9 rings (SSSR count). The number of fused-ring (bicyclic) bond motifs is 4. The summed E-state index contributed by atoms with van der Waals surface area (Å²) in [6.45, 7) is 9.32. The molecule has 2 unspecified atom stereocenters. The Morgan fingerprint density at radius 2 is 1.57 bits per heavy atom. The molecule has 1 aliphatic carbocycles. The van der Waals surface area contributed by atoms with E-state index < -0.39 is 63.8 Å². The number of para-hydroxylation sites is 1. The number of aromatic amines is 1. The van der Waals surface area contributed by atoms with E-state index in [2.05, 4.69) is 87.0 Å². The largest absolute Gasteiger partial charge is 0.507 e. The number of H-pyrrole nitrogens is 1. The fourth-order valence-electron chi connectivity index (χ4n) is 10.7. The van der Waals surface area contributed by atoms with Crippen LogP contribution in [0, 0.1) is 5.92 Å². The molecule has 3 aromatic heterocycles. The average Bonchev–Trinajstić information content (AvgIpc) is 1.64. The van der Waals surface area contributed by atoms with Crippen LogP contribution in [0.2, 0.25) is 0 Å². The normalized spacial score (nSPS) is 17.2. The van der Waals surface area contributed by atoms with Gasteiger partial charge in [0.25, 0.3) is 5.91 Å². The monoisotopic (exact) mass is 1310 g/mol. The summed E-state index contributed by atoms with van der Waals surface area (Å²) >= 11 is 3.98. The second-order valence-electron chi connectivity index (χ2n) is 23.3. The number of anilines is 4. The first-order valence-electron chi connectivity index (χ1n) is 29.9. The number of carboxylic acid groups (broad SMARTS) is 5. The molecule has 0 spiro atoms. The van der Waals surface area contributed by atoms with Crippen molar-refractivity contribution in [2.24, 2.45) is 11.7 Å². The van der Waals surface area contributed by atoms with E-state index in [1.807, 2.05) is 43.1 Å². The number of carbonyl (C=O) groups excluding carboxylic acids is 1. The number of phenols is 1. The third-order valence-corrected chi connectivity index (χ3v) is 16.1. The lowest BCUT2D eigenvalue weighted by molar-refractivity contribution is -0.149. The quantitative estimate of drug-likeness (QED) is 0.0206. The number of aromatic hydroxyl groups is 1. The molecule has 0 radical (unpaired) electrons. The number of carboxylic acids is 5. The van der Waals surface area contributed by atoms with Gasteiger partial charge >= 0.3 is 29.8 Å². The Morgan fingerprint density at radius 1 is 0.882 bits per heavy atom. The summed E-state index contributed by atoms with van der Waals surface area (Å²) in [5, 5.41) is 67.7. The number of benzene rings is 4. The van der Waals surface area contributed by atoms with Gasteiger partial charge in [0.1, 0.15) is 34.7 Å². The summed E-state index contributed by atoms with van der Waals surface area (Å²) in [6.07, 6.45) is 7.66. The molecular formula is C65H86N12O15S. The zero-order valence-electron chi connectivity index (χ0n) is 53.4. The third kappa shape index (κ3) is 20.3. The molecular weight excluding hydrogens is 1220 g/mol. The molecule has 1 amide bonds. The predicted octanol–water partition coefficient (Wildman–Crippen LogP) is 7.07. The van der Waals surface area contributed by atoms with Crippen LogP contribution in [0.15, 0.2) is 91.1 Å². The number of rotatable bonds is 20. The smallest absolute Gasteiger partial charge is 0.339 e. The van der Waals surface area contributed by atoms with E-state index in [4.69, 9.17) is 52.8 Å². The Balaban J connectivity index is 0.000000227. The lowest BCUT2D eigenvalue weighted by atomic mass is 9.71. The van der Waals surface area contributed by atoms with Gasteiger partial charge in [0.05, 0.1) is 49.9 Å². The maximum absolute atomic E-state index is 12.4. The number of aryl methyl sites for hydroxylation is 1. The highest BCUT2D eigenvalue weighted by Crippen LogP contribution is 2.44. The second-order valence-corrected chi connectivity index (χ2v) is 24.5. The molecule has 0 bridgehead atoms. The average molecular weight is 1310 g/mol. The Labute approximate surface area is 544 Å². The minimum absolute atomic E-state index is 0.00474. The van der Waals surface area contributed by atoms with Crippen molar-refractivity contribution < 1.29 is 74.0 Å². The van der Waals surface area contributed by atoms with E-state index in [0.717, 1.165) is 66.9 Å². The summed E-state index contributed by atoms with van der Waals surface area (Å²) in [6, 6.07) is 22.4. The molecule has 2 aliphatic rings. The van der Waals surface area contributed by atoms with Crippen molar-refractivity contribution in [3.63, 3.8) is 0 Å². The lowest BCUT2D eigenvalue weighted by Crippen LogP contribution is -2.45. The van der Waals surface area contributed by atoms with Gasteiger partial charge in [-0.25, -0.2) is 19.6 Å². The number of aliphatic carboxylic acids is 4. The van der Waals surface area contributed by atoms with E-state index in [0.29, 0.717) is 48.0 Å². The van der Waals surface area contributed by atoms with E-state index in [9.17, 15) is 44.1 Å². The van der Waals surface area contributed by atoms with Crippen molar-refractivity contribution in [2.45, 2.75) is 126 Å². The summed E-state index contributed by atoms with van der Waals surface area (Å²) in [5.74, 6) is -5.09. The fraction of sp³-hybridized carbons (Fsp3) is 0.415. The highest BCUT2D eigenvalue weighted by molar-refractivity contribution is 7.81. The third-order valence-electron chi connectivity index (χ3n) is 15.8. The van der Waals surface area contributed by atoms with Crippen molar-refractivity contribution in [3.8, 4) is 11.5 Å². The number of aliphatic hydroxyl groups is 1. The van der Waals surface area contributed by atoms with Crippen LogP contribution in [0.25, 0.3) is 22.1 Å². The van der Waals surface area contributed by atoms with Gasteiger partial charge < -0.3 is 88.3 Å². The summed E-state index contributed by atoms with van der Waals surface area (Å²) in [5.41, 5.74) is 28.5. The van der Waals surface area contributed by atoms with Gasteiger partial charge in [-0.3, -0.25) is 19.2 Å². The number of methoxy groups -OCH3 is 1. The molecule has 0 saturated heterocycles. The van der Waals surface area contributed by atoms with Crippen molar-refractivity contribution in [3.05, 3.63) is 130 Å². The summed E-state index contributed by atoms with van der Waals surface area (Å²) in [7, 11) is 7.62. The first-order chi connectivity index (χ1) is 43.8. The molecule has 1 saturated carbocycles. The number of aromatic carboxylic acids is 1. The van der Waals surface area contributed by atoms with Gasteiger partial charge in [-0.2, -0.15) is 22.6 Å². The first kappa shape index (κ1) is 74.4. The van der Waals surface area contributed by atoms with Gasteiger partial charge in [-0.15, -0.1) is 0 Å². The number of ether oxygens (including phenoxy) is 2. The second kappa shape index (κ2) is 33.3. The summed E-state index contributed by atoms with van der Waals surface area (Å²) in [4.78, 5) is 90.2. The lowest BCUT2D eigenvalue weighted by Gasteiger charge is -2.41. The number of hydrogen-bond donors (Lipinski definition) is 14. The van der Waals surface area contributed by atoms with Gasteiger partial charge in [-0.05, 0) is 138 Å². The minimum Gasteiger partial charge on any atom is -0.507 e. The SMILES string of the molecule is CC(C)(S)[C@@H](N)C(=O)O.CCc1cccc2c3c([nH]c12)C(CC)(CC(=O)O)OCC3.CN(Cc1cnc2nc(N)nc(N)c2n1)c1ccc(C(=O)NC(CCC(=O)O)C(=O)O)cc1.COc1cccc([C@@]2(O)CCCC[C@@H]2CN(C)C)c1.Nc1ccc(O)c(C(=O)O)c1. The van der Waals surface area contributed by atoms with Gasteiger partial charge in [0.15, 0.2) is 17.0 Å². The van der Waals surface area contributed by atoms with Crippen LogP contribution in [0.5, 0.6) is 11.5 Å². The van der Waals surface area contributed by atoms with E-state index in [1.165, 1.54) is 53.3 Å². The number of carbonyl (C=O) groups is 6. The van der Waals surface area contributed by atoms with Crippen LogP contribution in [-0.4, -0.2) is 160 Å². The summed E-state index contributed by atoms with van der Waals surface area (Å²) < 4.78 is 10.6. The Morgan fingerprint density at radius 3 is 2.14 bits per heavy atom. The Hall–Kier alpha value is -9.35.